The number of pyridine rings is 5. The van der Waals surface area contributed by atoms with Crippen LogP contribution in [0.5, 0.6) is 0 Å². The van der Waals surface area contributed by atoms with Crippen LogP contribution < -0.4 is 0 Å². The first-order valence-electron chi connectivity index (χ1n) is 14.8. The molecule has 8 heterocycles. The fourth-order valence-corrected chi connectivity index (χ4v) is 6.50. The third-order valence-electron chi connectivity index (χ3n) is 8.44. The Bertz CT molecular complexity index is 2600. The Labute approximate surface area is 259 Å². The highest BCUT2D eigenvalue weighted by Crippen LogP contribution is 2.35. The van der Waals surface area contributed by atoms with Crippen molar-refractivity contribution in [2.75, 3.05) is 0 Å². The minimum absolute atomic E-state index is 0.379. The molecule has 10 nitrogen and oxygen atoms in total. The van der Waals surface area contributed by atoms with Crippen molar-refractivity contribution in [3.05, 3.63) is 122 Å². The first kappa shape index (κ1) is 24.7. The maximum atomic E-state index is 5.15. The molecule has 0 saturated heterocycles. The molecule has 0 saturated carbocycles. The van der Waals surface area contributed by atoms with E-state index in [4.69, 9.17) is 39.9 Å². The lowest BCUT2D eigenvalue weighted by Crippen LogP contribution is -2.11. The van der Waals surface area contributed by atoms with Gasteiger partial charge < -0.3 is 0 Å². The van der Waals surface area contributed by atoms with E-state index in [-0.39, 0.29) is 0 Å². The lowest BCUT2D eigenvalue weighted by molar-refractivity contribution is 0.876. The monoisotopic (exact) mass is 592 g/mol. The highest BCUT2D eigenvalue weighted by atomic mass is 15.3. The quantitative estimate of drug-likeness (QED) is 0.201. The van der Waals surface area contributed by atoms with Crippen molar-refractivity contribution in [3.63, 3.8) is 0 Å². The van der Waals surface area contributed by atoms with E-state index in [9.17, 15) is 0 Å². The van der Waals surface area contributed by atoms with Crippen molar-refractivity contribution < 1.29 is 0 Å². The molecule has 0 amide bonds. The second-order valence-electron chi connectivity index (χ2n) is 11.0. The van der Waals surface area contributed by atoms with E-state index in [0.717, 1.165) is 48.8 Å². The summed E-state index contributed by atoms with van der Waals surface area (Å²) >= 11 is 0. The van der Waals surface area contributed by atoms with Crippen molar-refractivity contribution in [1.29, 1.82) is 0 Å². The molecule has 0 N–H and O–H groups in total. The molecule has 0 atom stereocenters. The second-order valence-corrected chi connectivity index (χ2v) is 11.0. The summed E-state index contributed by atoms with van der Waals surface area (Å²) in [6.45, 7) is 0. The van der Waals surface area contributed by atoms with Crippen LogP contribution in [-0.4, -0.2) is 49.0 Å². The Morgan fingerprint density at radius 3 is 1.39 bits per heavy atom. The SMILES string of the molecule is c1cnc2c(c1)ccc1cccc(-c3nc(-n4c5ncccc5c5cccnc54)nc(-n4c5ncccc5c5cccnc54)n3)c12. The zero-order valence-electron chi connectivity index (χ0n) is 24.0. The first-order chi connectivity index (χ1) is 22.8. The number of aromatic nitrogens is 10. The molecule has 0 aliphatic carbocycles. The third-order valence-corrected chi connectivity index (χ3v) is 8.44. The van der Waals surface area contributed by atoms with Gasteiger partial charge in [-0.15, -0.1) is 0 Å². The number of hydrogen-bond donors (Lipinski definition) is 0. The fraction of sp³-hybridized carbons (Fsp3) is 0. The molecule has 0 spiro atoms. The van der Waals surface area contributed by atoms with E-state index in [2.05, 4.69) is 24.3 Å². The van der Waals surface area contributed by atoms with Crippen LogP contribution in [0.2, 0.25) is 0 Å². The second kappa shape index (κ2) is 9.41. The van der Waals surface area contributed by atoms with Crippen LogP contribution in [0.1, 0.15) is 0 Å². The highest BCUT2D eigenvalue weighted by molar-refractivity contribution is 6.12. The largest absolute Gasteiger partial charge is 0.256 e. The smallest absolute Gasteiger partial charge is 0.242 e. The maximum absolute atomic E-state index is 5.15. The molecule has 0 aliphatic rings. The molecule has 8 aromatic heterocycles. The van der Waals surface area contributed by atoms with Crippen molar-refractivity contribution in [2.45, 2.75) is 0 Å². The van der Waals surface area contributed by atoms with Crippen molar-refractivity contribution in [2.24, 2.45) is 0 Å². The van der Waals surface area contributed by atoms with Crippen LogP contribution in [-0.2, 0) is 0 Å². The minimum atomic E-state index is 0.379. The summed E-state index contributed by atoms with van der Waals surface area (Å²) in [5.41, 5.74) is 4.49. The first-order valence-corrected chi connectivity index (χ1v) is 14.8. The molecule has 0 radical (unpaired) electrons. The summed E-state index contributed by atoms with van der Waals surface area (Å²) in [6, 6.07) is 30.2. The average molecular weight is 593 g/mol. The van der Waals surface area contributed by atoms with Crippen molar-refractivity contribution in [3.8, 4) is 23.3 Å². The van der Waals surface area contributed by atoms with Crippen LogP contribution in [0, 0.1) is 0 Å². The van der Waals surface area contributed by atoms with E-state index in [1.807, 2.05) is 82.1 Å². The van der Waals surface area contributed by atoms with Gasteiger partial charge in [-0.25, -0.2) is 29.1 Å². The summed E-state index contributed by atoms with van der Waals surface area (Å²) in [5, 5.41) is 6.84. The maximum Gasteiger partial charge on any atom is 0.242 e. The molecule has 0 fully saturated rings. The Balaban J connectivity index is 1.37. The van der Waals surface area contributed by atoms with E-state index in [1.54, 1.807) is 24.8 Å². The van der Waals surface area contributed by atoms with Gasteiger partial charge in [0.25, 0.3) is 0 Å². The van der Waals surface area contributed by atoms with E-state index < -0.39 is 0 Å². The van der Waals surface area contributed by atoms with Gasteiger partial charge in [-0.1, -0.05) is 36.4 Å². The molecular weight excluding hydrogens is 572 g/mol. The van der Waals surface area contributed by atoms with Crippen LogP contribution >= 0.6 is 0 Å². The highest BCUT2D eigenvalue weighted by Gasteiger charge is 2.23. The Morgan fingerprint density at radius 1 is 0.391 bits per heavy atom. The lowest BCUT2D eigenvalue weighted by atomic mass is 10.0. The van der Waals surface area contributed by atoms with Gasteiger partial charge in [-0.05, 0) is 60.0 Å². The van der Waals surface area contributed by atoms with Crippen LogP contribution in [0.15, 0.2) is 122 Å². The average Bonchev–Trinajstić information content (AvgIpc) is 3.64. The van der Waals surface area contributed by atoms with Crippen molar-refractivity contribution >= 4 is 65.8 Å². The van der Waals surface area contributed by atoms with Gasteiger partial charge in [0.15, 0.2) is 5.82 Å². The normalized spacial score (nSPS) is 11.9. The number of rotatable bonds is 3. The summed E-state index contributed by atoms with van der Waals surface area (Å²) in [5.74, 6) is 1.24. The van der Waals surface area contributed by atoms with E-state index in [0.29, 0.717) is 40.3 Å². The van der Waals surface area contributed by atoms with Crippen LogP contribution in [0.4, 0.5) is 0 Å². The Hall–Kier alpha value is -6.68. The fourth-order valence-electron chi connectivity index (χ4n) is 6.50. The molecule has 0 bridgehead atoms. The van der Waals surface area contributed by atoms with Gasteiger partial charge in [-0.3, -0.25) is 4.98 Å². The van der Waals surface area contributed by atoms with E-state index in [1.165, 1.54) is 0 Å². The minimum Gasteiger partial charge on any atom is -0.256 e. The third kappa shape index (κ3) is 3.46. The van der Waals surface area contributed by atoms with Crippen LogP contribution in [0.25, 0.3) is 89.1 Å². The number of fused-ring (bicyclic) bond motifs is 9. The molecule has 10 heteroatoms. The number of nitrogens with zero attached hydrogens (tertiary/aromatic N) is 10. The van der Waals surface area contributed by atoms with Crippen LogP contribution in [0.3, 0.4) is 0 Å². The zero-order chi connectivity index (χ0) is 30.2. The van der Waals surface area contributed by atoms with Gasteiger partial charge in [0.2, 0.25) is 11.9 Å². The van der Waals surface area contributed by atoms with Crippen molar-refractivity contribution in [1.82, 2.24) is 49.0 Å². The molecule has 0 unspecified atom stereocenters. The summed E-state index contributed by atoms with van der Waals surface area (Å²) in [7, 11) is 0. The summed E-state index contributed by atoms with van der Waals surface area (Å²) < 4.78 is 3.80. The molecule has 0 aliphatic heterocycles. The summed E-state index contributed by atoms with van der Waals surface area (Å²) in [6.07, 6.45) is 8.88. The predicted molar refractivity (Wildman–Crippen MR) is 178 cm³/mol. The Morgan fingerprint density at radius 2 is 0.848 bits per heavy atom. The van der Waals surface area contributed by atoms with Gasteiger partial charge in [0, 0.05) is 68.9 Å². The lowest BCUT2D eigenvalue weighted by Gasteiger charge is -2.13. The van der Waals surface area contributed by atoms with Gasteiger partial charge >= 0.3 is 0 Å². The zero-order valence-corrected chi connectivity index (χ0v) is 24.0. The standard InChI is InChI=1S/C36H20N10/c1-7-21-14-15-22-8-2-16-37-29(22)28(21)27(9-1)30-42-35(45-31-23(10-3-17-38-31)24-11-4-18-39-32(24)45)44-36(43-30)46-33-25(12-5-19-40-33)26-13-6-20-41-34(26)46/h1-20H. The predicted octanol–water partition coefficient (Wildman–Crippen LogP) is 7.01. The van der Waals surface area contributed by atoms with E-state index >= 15 is 0 Å². The molecule has 46 heavy (non-hydrogen) atoms. The molecule has 2 aromatic carbocycles. The molecular formula is C36H20N10. The van der Waals surface area contributed by atoms with Gasteiger partial charge in [-0.2, -0.15) is 15.0 Å². The molecule has 10 aromatic rings. The topological polar surface area (TPSA) is 113 Å². The van der Waals surface area contributed by atoms with Gasteiger partial charge in [0.1, 0.15) is 22.6 Å². The molecule has 10 rings (SSSR count). The van der Waals surface area contributed by atoms with Gasteiger partial charge in [0.05, 0.1) is 5.52 Å². The molecule has 214 valence electrons. The summed E-state index contributed by atoms with van der Waals surface area (Å²) in [4.78, 5) is 39.2. The number of benzene rings is 2. The Kier molecular flexibility index (Phi) is 5.06. The number of hydrogen-bond acceptors (Lipinski definition) is 8.